The van der Waals surface area contributed by atoms with Crippen LogP contribution in [0.1, 0.15) is 62.8 Å². The van der Waals surface area contributed by atoms with Crippen molar-refractivity contribution in [2.45, 2.75) is 66.7 Å². The molecule has 3 rings (SSSR count). The van der Waals surface area contributed by atoms with Gasteiger partial charge in [0.1, 0.15) is 5.82 Å². The molecule has 198 valence electrons. The van der Waals surface area contributed by atoms with E-state index in [0.29, 0.717) is 23.0 Å². The Morgan fingerprint density at radius 2 is 1.73 bits per heavy atom. The van der Waals surface area contributed by atoms with E-state index in [1.807, 2.05) is 44.2 Å². The van der Waals surface area contributed by atoms with Crippen molar-refractivity contribution >= 4 is 34.4 Å². The summed E-state index contributed by atoms with van der Waals surface area (Å²) in [6.45, 7) is 16.2. The first kappa shape index (κ1) is 28.1. The number of nitrogens with one attached hydrogen (secondary N) is 2. The molecular weight excluding hydrogens is 468 g/mol. The molecule has 2 N–H and O–H groups in total. The highest BCUT2D eigenvalue weighted by Crippen LogP contribution is 2.31. The molecule has 0 atom stereocenters. The van der Waals surface area contributed by atoms with Crippen LogP contribution in [0.15, 0.2) is 49.2 Å². The summed E-state index contributed by atoms with van der Waals surface area (Å²) >= 11 is 0. The van der Waals surface area contributed by atoms with Gasteiger partial charge in [-0.05, 0) is 74.1 Å². The van der Waals surface area contributed by atoms with E-state index in [1.54, 1.807) is 6.20 Å². The van der Waals surface area contributed by atoms with Gasteiger partial charge in [-0.1, -0.05) is 39.5 Å². The number of alkyl halides is 2. The minimum absolute atomic E-state index is 0.342. The predicted octanol–water partition coefficient (Wildman–Crippen LogP) is 8.30. The third kappa shape index (κ3) is 7.28. The number of anilines is 5. The maximum Gasteiger partial charge on any atom is 0.242 e. The van der Waals surface area contributed by atoms with Crippen molar-refractivity contribution in [3.8, 4) is 0 Å². The Labute approximate surface area is 220 Å². The lowest BCUT2D eigenvalue weighted by Gasteiger charge is -2.25. The molecule has 0 saturated carbocycles. The fourth-order valence-electron chi connectivity index (χ4n) is 4.52. The second kappa shape index (κ2) is 13.2. The maximum atomic E-state index is 13.5. The number of hydrogen-bond donors (Lipinski definition) is 2. The van der Waals surface area contributed by atoms with Gasteiger partial charge in [-0.25, -0.2) is 13.8 Å². The average molecular weight is 508 g/mol. The van der Waals surface area contributed by atoms with Gasteiger partial charge >= 0.3 is 0 Å². The topological polar surface area (TPSA) is 53.1 Å². The van der Waals surface area contributed by atoms with Crippen LogP contribution in [0.5, 0.6) is 0 Å². The molecule has 5 nitrogen and oxygen atoms in total. The van der Waals surface area contributed by atoms with E-state index in [-0.39, 0.29) is 6.42 Å². The molecule has 1 aromatic heterocycles. The third-order valence-electron chi connectivity index (χ3n) is 6.24. The molecule has 2 aromatic carbocycles. The molecule has 0 aliphatic rings. The Hall–Kier alpha value is -3.48. The highest BCUT2D eigenvalue weighted by Gasteiger charge is 2.16. The van der Waals surface area contributed by atoms with E-state index < -0.39 is 6.43 Å². The van der Waals surface area contributed by atoms with Crippen molar-refractivity contribution in [1.82, 2.24) is 9.97 Å². The summed E-state index contributed by atoms with van der Waals surface area (Å²) in [6.07, 6.45) is 1.81. The molecule has 0 saturated heterocycles. The molecule has 0 aliphatic carbocycles. The number of hydrogen-bond acceptors (Lipinski definition) is 5. The number of aromatic nitrogens is 2. The summed E-state index contributed by atoms with van der Waals surface area (Å²) in [7, 11) is 0. The zero-order valence-corrected chi connectivity index (χ0v) is 22.7. The standard InChI is InChI=1S/C30H39F2N5/c1-7-15-37(16-8-2)24-13-14-25(23(17-24)18-27(31)32)35-30-33-19-21(6)29(36-30)34-26-12-10-11-22(9-3)28(26)20(4)5/h10-14,17,19,27H,4,7-9,15-16,18H2,1-3,5-6H3,(H2,33,34,35,36). The van der Waals surface area contributed by atoms with Crippen molar-refractivity contribution in [2.24, 2.45) is 0 Å². The molecule has 0 aliphatic heterocycles. The van der Waals surface area contributed by atoms with Gasteiger partial charge in [0.05, 0.1) is 0 Å². The van der Waals surface area contributed by atoms with E-state index in [2.05, 4.69) is 53.9 Å². The summed E-state index contributed by atoms with van der Waals surface area (Å²) in [6, 6.07) is 11.8. The van der Waals surface area contributed by atoms with Crippen molar-refractivity contribution in [2.75, 3.05) is 28.6 Å². The molecule has 0 spiro atoms. The third-order valence-corrected chi connectivity index (χ3v) is 6.24. The van der Waals surface area contributed by atoms with Crippen LogP contribution in [0.2, 0.25) is 0 Å². The van der Waals surface area contributed by atoms with Gasteiger partial charge in [0, 0.05) is 53.9 Å². The zero-order chi connectivity index (χ0) is 26.9. The Kier molecular flexibility index (Phi) is 10.0. The van der Waals surface area contributed by atoms with E-state index in [4.69, 9.17) is 4.98 Å². The van der Waals surface area contributed by atoms with E-state index >= 15 is 0 Å². The first-order valence-corrected chi connectivity index (χ1v) is 13.1. The van der Waals surface area contributed by atoms with Crippen LogP contribution in [-0.2, 0) is 12.8 Å². The van der Waals surface area contributed by atoms with Crippen molar-refractivity contribution in [3.05, 3.63) is 71.4 Å². The van der Waals surface area contributed by atoms with Crippen LogP contribution in [0.25, 0.3) is 5.57 Å². The lowest BCUT2D eigenvalue weighted by Crippen LogP contribution is -2.25. The highest BCUT2D eigenvalue weighted by atomic mass is 19.3. The summed E-state index contributed by atoms with van der Waals surface area (Å²) in [5, 5.41) is 6.63. The fraction of sp³-hybridized carbons (Fsp3) is 0.400. The van der Waals surface area contributed by atoms with Gasteiger partial charge in [0.2, 0.25) is 12.4 Å². The lowest BCUT2D eigenvalue weighted by atomic mass is 9.98. The molecule has 0 fully saturated rings. The average Bonchev–Trinajstić information content (AvgIpc) is 2.86. The van der Waals surface area contributed by atoms with Gasteiger partial charge in [-0.2, -0.15) is 4.98 Å². The molecule has 0 bridgehead atoms. The van der Waals surface area contributed by atoms with E-state index in [0.717, 1.165) is 60.4 Å². The monoisotopic (exact) mass is 507 g/mol. The van der Waals surface area contributed by atoms with E-state index in [9.17, 15) is 8.78 Å². The van der Waals surface area contributed by atoms with Gasteiger partial charge in [-0.15, -0.1) is 0 Å². The van der Waals surface area contributed by atoms with Crippen LogP contribution in [0, 0.1) is 6.92 Å². The summed E-state index contributed by atoms with van der Waals surface area (Å²) in [5.41, 5.74) is 7.15. The Morgan fingerprint density at radius 3 is 2.35 bits per heavy atom. The molecule has 0 unspecified atom stereocenters. The smallest absolute Gasteiger partial charge is 0.242 e. The number of benzene rings is 2. The molecule has 37 heavy (non-hydrogen) atoms. The summed E-state index contributed by atoms with van der Waals surface area (Å²) in [4.78, 5) is 11.4. The van der Waals surface area contributed by atoms with Gasteiger partial charge in [-0.3, -0.25) is 0 Å². The summed E-state index contributed by atoms with van der Waals surface area (Å²) in [5.74, 6) is 0.996. The Morgan fingerprint density at radius 1 is 1.00 bits per heavy atom. The number of allylic oxidation sites excluding steroid dienone is 1. The first-order valence-electron chi connectivity index (χ1n) is 13.1. The SMILES string of the molecule is C=C(C)c1c(CC)cccc1Nc1nc(Nc2ccc(N(CCC)CCC)cc2CC(F)F)ncc1C. The number of rotatable bonds is 13. The van der Waals surface area contributed by atoms with Gasteiger partial charge in [0.25, 0.3) is 0 Å². The highest BCUT2D eigenvalue weighted by molar-refractivity contribution is 5.79. The van der Waals surface area contributed by atoms with Crippen LogP contribution in [0.3, 0.4) is 0 Å². The molecule has 0 radical (unpaired) electrons. The second-order valence-corrected chi connectivity index (χ2v) is 9.37. The van der Waals surface area contributed by atoms with Crippen LogP contribution < -0.4 is 15.5 Å². The minimum Gasteiger partial charge on any atom is -0.372 e. The Bertz CT molecular complexity index is 1200. The van der Waals surface area contributed by atoms with Crippen LogP contribution >= 0.6 is 0 Å². The Balaban J connectivity index is 1.94. The minimum atomic E-state index is -2.45. The normalized spacial score (nSPS) is 11.0. The van der Waals surface area contributed by atoms with Crippen molar-refractivity contribution in [3.63, 3.8) is 0 Å². The second-order valence-electron chi connectivity index (χ2n) is 9.37. The number of halogens is 2. The first-order chi connectivity index (χ1) is 17.8. The quantitative estimate of drug-likeness (QED) is 0.244. The lowest BCUT2D eigenvalue weighted by molar-refractivity contribution is 0.149. The van der Waals surface area contributed by atoms with Gasteiger partial charge in [0.15, 0.2) is 0 Å². The predicted molar refractivity (Wildman–Crippen MR) is 153 cm³/mol. The number of nitrogens with zero attached hydrogens (tertiary/aromatic N) is 3. The van der Waals surface area contributed by atoms with Crippen LogP contribution in [0.4, 0.5) is 37.6 Å². The number of aryl methyl sites for hydroxylation is 2. The zero-order valence-electron chi connectivity index (χ0n) is 22.7. The molecule has 0 amide bonds. The molecular formula is C30H39F2N5. The molecule has 3 aromatic rings. The fourth-order valence-corrected chi connectivity index (χ4v) is 4.52. The van der Waals surface area contributed by atoms with Crippen molar-refractivity contribution < 1.29 is 8.78 Å². The van der Waals surface area contributed by atoms with E-state index in [1.165, 1.54) is 5.56 Å². The van der Waals surface area contributed by atoms with Gasteiger partial charge < -0.3 is 15.5 Å². The summed E-state index contributed by atoms with van der Waals surface area (Å²) < 4.78 is 27.0. The van der Waals surface area contributed by atoms with Crippen LogP contribution in [-0.4, -0.2) is 29.5 Å². The molecule has 7 heteroatoms. The van der Waals surface area contributed by atoms with Crippen molar-refractivity contribution in [1.29, 1.82) is 0 Å². The molecule has 1 heterocycles. The maximum absolute atomic E-state index is 13.5. The largest absolute Gasteiger partial charge is 0.372 e.